The van der Waals surface area contributed by atoms with Crippen LogP contribution in [0.1, 0.15) is 84.3 Å². The molecule has 0 saturated carbocycles. The summed E-state index contributed by atoms with van der Waals surface area (Å²) < 4.78 is 49.1. The zero-order chi connectivity index (χ0) is 41.1. The number of nitrogens with two attached hydrogens (primary N) is 1. The predicted molar refractivity (Wildman–Crippen MR) is 194 cm³/mol. The number of aliphatic hydroxyl groups is 5. The molecule has 9 atom stereocenters. The largest absolute Gasteiger partial charge is 0.492 e. The molecule has 1 aromatic heterocycles. The van der Waals surface area contributed by atoms with Crippen LogP contribution in [0.5, 0.6) is 0 Å². The Morgan fingerprint density at radius 1 is 0.964 bits per heavy atom. The highest BCUT2D eigenvalue weighted by Gasteiger charge is 2.53. The number of unbranched alkanes of at least 4 members (excludes halogenated alkanes) is 8. The third-order valence-electron chi connectivity index (χ3n) is 9.23. The van der Waals surface area contributed by atoms with Crippen molar-refractivity contribution in [2.24, 2.45) is 11.7 Å². The van der Waals surface area contributed by atoms with Gasteiger partial charge in [0.1, 0.15) is 42.9 Å². The fourth-order valence-electron chi connectivity index (χ4n) is 6.26. The highest BCUT2D eigenvalue weighted by Crippen LogP contribution is 2.64. The molecule has 55 heavy (non-hydrogen) atoms. The maximum atomic E-state index is 13.6. The molecule has 23 heteroatoms. The Kier molecular flexibility index (Phi) is 18.3. The van der Waals surface area contributed by atoms with Crippen molar-refractivity contribution >= 4 is 21.4 Å². The molecular weight excluding hydrogens is 772 g/mol. The number of carbonyl (C=O) groups excluding carboxylic acids is 1. The highest BCUT2D eigenvalue weighted by molar-refractivity contribution is 7.66. The molecule has 1 aliphatic carbocycles. The van der Waals surface area contributed by atoms with E-state index in [-0.39, 0.29) is 11.0 Å². The van der Waals surface area contributed by atoms with E-state index in [0.717, 1.165) is 54.0 Å². The van der Waals surface area contributed by atoms with Crippen molar-refractivity contribution in [3.63, 3.8) is 0 Å². The maximum absolute atomic E-state index is 13.6. The van der Waals surface area contributed by atoms with E-state index in [1.54, 1.807) is 0 Å². The molecule has 1 amide bonds. The van der Waals surface area contributed by atoms with Crippen LogP contribution in [0.15, 0.2) is 33.2 Å². The summed E-state index contributed by atoms with van der Waals surface area (Å²) in [5.41, 5.74) is 3.06. The zero-order valence-corrected chi connectivity index (χ0v) is 33.1. The number of aliphatic hydroxyl groups excluding tert-OH is 5. The Hall–Kier alpha value is -2.33. The summed E-state index contributed by atoms with van der Waals surface area (Å²) in [6, 6.07) is 0.970. The van der Waals surface area contributed by atoms with Gasteiger partial charge in [0.15, 0.2) is 12.3 Å². The monoisotopic (exact) mass is 829 g/mol. The van der Waals surface area contributed by atoms with Gasteiger partial charge in [0.2, 0.25) is 5.91 Å². The smallest absolute Gasteiger partial charge is 0.432 e. The van der Waals surface area contributed by atoms with Crippen LogP contribution in [0.2, 0.25) is 0 Å². The summed E-state index contributed by atoms with van der Waals surface area (Å²) in [6.07, 6.45) is -1.19. The number of ether oxygens (including phenoxy) is 2. The topological polar surface area (TPSA) is 317 Å². The average molecular weight is 830 g/mol. The number of hydrogen-bond acceptors (Lipinski definition) is 15. The zero-order valence-electron chi connectivity index (χ0n) is 31.3. The van der Waals surface area contributed by atoms with E-state index in [2.05, 4.69) is 13.8 Å². The van der Waals surface area contributed by atoms with Crippen LogP contribution in [0, 0.1) is 5.92 Å². The summed E-state index contributed by atoms with van der Waals surface area (Å²) in [7, 11) is -9.80. The lowest BCUT2D eigenvalue weighted by molar-refractivity contribution is -0.118. The number of amides is 1. The van der Waals surface area contributed by atoms with Crippen molar-refractivity contribution < 1.29 is 67.9 Å². The van der Waals surface area contributed by atoms with Gasteiger partial charge in [-0.15, -0.1) is 4.44 Å². The van der Waals surface area contributed by atoms with Crippen molar-refractivity contribution in [1.29, 1.82) is 0 Å². The van der Waals surface area contributed by atoms with E-state index in [9.17, 15) is 58.8 Å². The van der Waals surface area contributed by atoms with Crippen LogP contribution in [-0.4, -0.2) is 130 Å². The van der Waals surface area contributed by atoms with Crippen LogP contribution >= 0.6 is 15.5 Å². The van der Waals surface area contributed by atoms with E-state index in [1.165, 1.54) is 32.7 Å². The molecular formula is C32H57N5O16P2. The van der Waals surface area contributed by atoms with Gasteiger partial charge < -0.3 is 50.5 Å². The van der Waals surface area contributed by atoms with Crippen LogP contribution in [0.4, 0.5) is 0 Å². The van der Waals surface area contributed by atoms with E-state index < -0.39 is 107 Å². The van der Waals surface area contributed by atoms with Gasteiger partial charge in [-0.2, -0.15) is 5.06 Å². The molecule has 0 spiro atoms. The Morgan fingerprint density at radius 3 is 2.13 bits per heavy atom. The first-order valence-corrected chi connectivity index (χ1v) is 21.3. The molecule has 1 aromatic rings. The van der Waals surface area contributed by atoms with Gasteiger partial charge in [0, 0.05) is 31.4 Å². The number of hydroxylamine groups is 2. The SMILES string of the molecule is CC(C)CCCCCCCCCCCN(C)OP(=O)(O)N(CC(N)=O)P(=O)(O)OC1C(OCC2OC(n3ccc(=O)[nH]c3=O)C(O)C2O)=C(CO)C(O)C1O. The van der Waals surface area contributed by atoms with E-state index >= 15 is 0 Å². The van der Waals surface area contributed by atoms with Crippen molar-refractivity contribution in [3.8, 4) is 0 Å². The third-order valence-corrected chi connectivity index (χ3v) is 13.0. The van der Waals surface area contributed by atoms with Crippen molar-refractivity contribution in [3.05, 3.63) is 44.4 Å². The predicted octanol–water partition coefficient (Wildman–Crippen LogP) is -0.0521. The number of carbonyl (C=O) groups is 1. The number of nitrogens with one attached hydrogen (secondary N) is 1. The fraction of sp³-hybridized carbons (Fsp3) is 0.781. The molecule has 0 aromatic carbocycles. The molecule has 10 N–H and O–H groups in total. The van der Waals surface area contributed by atoms with Gasteiger partial charge in [0.05, 0.1) is 13.2 Å². The number of nitrogens with zero attached hydrogens (tertiary/aromatic N) is 3. The molecule has 21 nitrogen and oxygen atoms in total. The number of H-pyrrole nitrogens is 1. The minimum atomic E-state index is -5.70. The van der Waals surface area contributed by atoms with E-state index in [1.807, 2.05) is 4.98 Å². The van der Waals surface area contributed by atoms with Crippen molar-refractivity contribution in [2.75, 3.05) is 33.4 Å². The van der Waals surface area contributed by atoms with Gasteiger partial charge in [-0.25, -0.2) is 18.5 Å². The molecule has 1 fully saturated rings. The molecule has 2 heterocycles. The maximum Gasteiger partial charge on any atom is 0.432 e. The number of aromatic nitrogens is 2. The van der Waals surface area contributed by atoms with Gasteiger partial charge >= 0.3 is 21.2 Å². The van der Waals surface area contributed by atoms with E-state index in [0.29, 0.717) is 12.3 Å². The lowest BCUT2D eigenvalue weighted by Gasteiger charge is -2.32. The summed E-state index contributed by atoms with van der Waals surface area (Å²) in [6.45, 7) is 1.49. The third kappa shape index (κ3) is 13.4. The average Bonchev–Trinajstić information content (AvgIpc) is 3.49. The molecule has 2 aliphatic rings. The second-order valence-electron chi connectivity index (χ2n) is 14.2. The first-order chi connectivity index (χ1) is 25.8. The van der Waals surface area contributed by atoms with Crippen LogP contribution < -0.4 is 17.0 Å². The van der Waals surface area contributed by atoms with Gasteiger partial charge in [-0.05, 0) is 12.3 Å². The second kappa shape index (κ2) is 21.4. The minimum absolute atomic E-state index is 0.135. The highest BCUT2D eigenvalue weighted by atomic mass is 31.3. The van der Waals surface area contributed by atoms with Gasteiger partial charge in [-0.1, -0.05) is 71.6 Å². The summed E-state index contributed by atoms with van der Waals surface area (Å²) in [4.78, 5) is 59.4. The summed E-state index contributed by atoms with van der Waals surface area (Å²) in [5, 5.41) is 53.4. The molecule has 9 unspecified atom stereocenters. The van der Waals surface area contributed by atoms with Crippen molar-refractivity contribution in [1.82, 2.24) is 19.1 Å². The summed E-state index contributed by atoms with van der Waals surface area (Å²) in [5.74, 6) is -1.28. The fourth-order valence-corrected chi connectivity index (χ4v) is 9.42. The van der Waals surface area contributed by atoms with Gasteiger partial charge in [0.25, 0.3) is 5.56 Å². The standard InChI is InChI=1S/C32H57N5O16P2/c1-20(2)13-11-9-7-5-4-6-8-10-12-15-35(3)53-55(48,49)37(17-23(33)39)54(46,47)52-30-27(43)25(41)21(18-38)29(30)50-19-22-26(42)28(44)31(51-22)36-16-14-24(40)34-32(36)45/h14,16,20,22,25-28,30-31,38,41-44H,4-13,15,17-19H2,1-3H3,(H2,33,39)(H,46,47)(H,48,49)(H,34,40,45). The lowest BCUT2D eigenvalue weighted by atomic mass is 10.0. The Bertz CT molecular complexity index is 1640. The normalized spacial score (nSPS) is 26.6. The Morgan fingerprint density at radius 2 is 1.56 bits per heavy atom. The van der Waals surface area contributed by atoms with Crippen LogP contribution in [0.25, 0.3) is 0 Å². The molecule has 316 valence electrons. The number of rotatable bonds is 25. The number of hydrogen-bond donors (Lipinski definition) is 9. The second-order valence-corrected chi connectivity index (χ2v) is 17.8. The molecule has 1 saturated heterocycles. The molecule has 0 radical (unpaired) electrons. The lowest BCUT2D eigenvalue weighted by Crippen LogP contribution is -2.38. The Balaban J connectivity index is 1.64. The minimum Gasteiger partial charge on any atom is -0.492 e. The number of primary amides is 1. The first kappa shape index (κ1) is 47.0. The molecule has 0 bridgehead atoms. The van der Waals surface area contributed by atoms with Crippen LogP contribution in [0.3, 0.4) is 0 Å². The van der Waals surface area contributed by atoms with Gasteiger partial charge in [-0.3, -0.25) is 23.7 Å². The summed E-state index contributed by atoms with van der Waals surface area (Å²) >= 11 is 0. The molecule has 3 rings (SSSR count). The van der Waals surface area contributed by atoms with E-state index in [4.69, 9.17) is 24.4 Å². The molecule has 1 aliphatic heterocycles. The van der Waals surface area contributed by atoms with Crippen LogP contribution in [-0.2, 0) is 32.5 Å². The quantitative estimate of drug-likeness (QED) is 0.0354. The first-order valence-electron chi connectivity index (χ1n) is 18.3. The number of aromatic amines is 1. The van der Waals surface area contributed by atoms with Crippen molar-refractivity contribution in [2.45, 2.75) is 121 Å². The Labute approximate surface area is 318 Å².